The number of aromatic amines is 1. The van der Waals surface area contributed by atoms with Crippen LogP contribution < -0.4 is 0 Å². The lowest BCUT2D eigenvalue weighted by Crippen LogP contribution is -2.02. The summed E-state index contributed by atoms with van der Waals surface area (Å²) in [5.41, 5.74) is 0.564. The van der Waals surface area contributed by atoms with Crippen molar-refractivity contribution in [3.05, 3.63) is 23.5 Å². The van der Waals surface area contributed by atoms with Gasteiger partial charge in [0.1, 0.15) is 5.69 Å². The van der Waals surface area contributed by atoms with Crippen LogP contribution >= 0.6 is 0 Å². The second-order valence-corrected chi connectivity index (χ2v) is 4.72. The van der Waals surface area contributed by atoms with E-state index in [0.29, 0.717) is 17.9 Å². The van der Waals surface area contributed by atoms with Crippen molar-refractivity contribution >= 4 is 11.8 Å². The van der Waals surface area contributed by atoms with Gasteiger partial charge in [0, 0.05) is 18.2 Å². The van der Waals surface area contributed by atoms with Crippen LogP contribution in [-0.4, -0.2) is 21.8 Å². The van der Waals surface area contributed by atoms with E-state index in [4.69, 9.17) is 5.11 Å². The highest BCUT2D eigenvalue weighted by molar-refractivity contribution is 5.98. The van der Waals surface area contributed by atoms with Gasteiger partial charge in [0.2, 0.25) is 0 Å². The molecule has 1 aromatic rings. The van der Waals surface area contributed by atoms with Crippen LogP contribution in [0.2, 0.25) is 0 Å². The van der Waals surface area contributed by atoms with Crippen LogP contribution in [0.5, 0.6) is 0 Å². The van der Waals surface area contributed by atoms with E-state index in [2.05, 4.69) is 4.98 Å². The number of Topliss-reactive ketones (excluding diaryl/α,β-unsaturated/α-hetero) is 1. The van der Waals surface area contributed by atoms with E-state index in [1.807, 2.05) is 0 Å². The smallest absolute Gasteiger partial charge is 0.352 e. The Kier molecular flexibility index (Phi) is 3.61. The average molecular weight is 235 g/mol. The summed E-state index contributed by atoms with van der Waals surface area (Å²) in [6.45, 7) is 0. The highest BCUT2D eigenvalue weighted by atomic mass is 16.4. The first kappa shape index (κ1) is 11.9. The van der Waals surface area contributed by atoms with E-state index in [1.165, 1.54) is 37.9 Å². The number of rotatable bonds is 5. The van der Waals surface area contributed by atoms with E-state index in [-0.39, 0.29) is 11.5 Å². The molecule has 1 saturated carbocycles. The van der Waals surface area contributed by atoms with Gasteiger partial charge in [-0.2, -0.15) is 0 Å². The van der Waals surface area contributed by atoms with Crippen molar-refractivity contribution in [3.8, 4) is 0 Å². The second-order valence-electron chi connectivity index (χ2n) is 4.72. The van der Waals surface area contributed by atoms with Gasteiger partial charge in [-0.05, 0) is 18.4 Å². The maximum absolute atomic E-state index is 11.8. The molecule has 0 atom stereocenters. The molecule has 0 saturated heterocycles. The van der Waals surface area contributed by atoms with E-state index in [9.17, 15) is 9.59 Å². The van der Waals surface area contributed by atoms with Crippen LogP contribution in [0.15, 0.2) is 12.3 Å². The van der Waals surface area contributed by atoms with Gasteiger partial charge < -0.3 is 10.1 Å². The molecule has 92 valence electrons. The minimum absolute atomic E-state index is 0.0423. The van der Waals surface area contributed by atoms with Crippen molar-refractivity contribution in [3.63, 3.8) is 0 Å². The van der Waals surface area contributed by atoms with Crippen LogP contribution in [0.25, 0.3) is 0 Å². The Bertz CT molecular complexity index is 416. The molecule has 0 amide bonds. The molecular weight excluding hydrogens is 218 g/mol. The van der Waals surface area contributed by atoms with Crippen LogP contribution in [0.1, 0.15) is 59.4 Å². The van der Waals surface area contributed by atoms with Crippen molar-refractivity contribution in [2.75, 3.05) is 0 Å². The Balaban J connectivity index is 1.87. The van der Waals surface area contributed by atoms with E-state index in [1.54, 1.807) is 0 Å². The molecule has 0 bridgehead atoms. The number of H-pyrrole nitrogens is 1. The van der Waals surface area contributed by atoms with Gasteiger partial charge in [-0.15, -0.1) is 0 Å². The number of hydrogen-bond acceptors (Lipinski definition) is 2. The minimum atomic E-state index is -1.03. The lowest BCUT2D eigenvalue weighted by Gasteiger charge is -2.06. The van der Waals surface area contributed by atoms with Crippen molar-refractivity contribution in [1.82, 2.24) is 4.98 Å². The fourth-order valence-electron chi connectivity index (χ4n) is 2.46. The van der Waals surface area contributed by atoms with Gasteiger partial charge >= 0.3 is 5.97 Å². The van der Waals surface area contributed by atoms with Crippen LogP contribution in [0.3, 0.4) is 0 Å². The largest absolute Gasteiger partial charge is 0.477 e. The molecule has 1 heterocycles. The lowest BCUT2D eigenvalue weighted by atomic mass is 9.98. The third kappa shape index (κ3) is 2.96. The summed E-state index contributed by atoms with van der Waals surface area (Å²) in [7, 11) is 0. The molecule has 0 aromatic carbocycles. The van der Waals surface area contributed by atoms with Gasteiger partial charge in [0.25, 0.3) is 0 Å². The number of hydrogen-bond donors (Lipinski definition) is 2. The molecule has 0 radical (unpaired) electrons. The number of aromatic carboxylic acids is 1. The summed E-state index contributed by atoms with van der Waals surface area (Å²) in [4.78, 5) is 25.1. The Morgan fingerprint density at radius 3 is 2.65 bits per heavy atom. The zero-order valence-corrected chi connectivity index (χ0v) is 9.74. The maximum atomic E-state index is 11.8. The first-order valence-corrected chi connectivity index (χ1v) is 6.11. The predicted molar refractivity (Wildman–Crippen MR) is 63.3 cm³/mol. The Hall–Kier alpha value is -1.58. The molecule has 0 spiro atoms. The Morgan fingerprint density at radius 1 is 1.35 bits per heavy atom. The van der Waals surface area contributed by atoms with Gasteiger partial charge in [-0.3, -0.25) is 4.79 Å². The third-order valence-electron chi connectivity index (χ3n) is 3.49. The molecule has 0 unspecified atom stereocenters. The highest BCUT2D eigenvalue weighted by Gasteiger charge is 2.17. The first-order valence-electron chi connectivity index (χ1n) is 6.11. The standard InChI is InChI=1S/C13H17NO3/c15-12(6-5-9-3-1-2-4-9)10-7-11(13(16)17)14-8-10/h7-9,14H,1-6H2,(H,16,17). The van der Waals surface area contributed by atoms with Gasteiger partial charge in [-0.25, -0.2) is 4.79 Å². The molecule has 1 aliphatic rings. The highest BCUT2D eigenvalue weighted by Crippen LogP contribution is 2.29. The van der Waals surface area contributed by atoms with E-state index >= 15 is 0 Å². The summed E-state index contributed by atoms with van der Waals surface area (Å²) in [5, 5.41) is 8.74. The Morgan fingerprint density at radius 2 is 2.06 bits per heavy atom. The zero-order valence-electron chi connectivity index (χ0n) is 9.74. The summed E-state index contributed by atoms with van der Waals surface area (Å²) in [6, 6.07) is 1.42. The average Bonchev–Trinajstić information content (AvgIpc) is 2.96. The van der Waals surface area contributed by atoms with E-state index in [0.717, 1.165) is 6.42 Å². The quantitative estimate of drug-likeness (QED) is 0.771. The van der Waals surface area contributed by atoms with Gasteiger partial charge in [0.15, 0.2) is 5.78 Å². The number of aromatic nitrogens is 1. The fourth-order valence-corrected chi connectivity index (χ4v) is 2.46. The van der Waals surface area contributed by atoms with Gasteiger partial charge in [-0.1, -0.05) is 25.7 Å². The first-order chi connectivity index (χ1) is 8.16. The lowest BCUT2D eigenvalue weighted by molar-refractivity contribution is 0.0691. The second kappa shape index (κ2) is 5.17. The van der Waals surface area contributed by atoms with E-state index < -0.39 is 5.97 Å². The molecular formula is C13H17NO3. The maximum Gasteiger partial charge on any atom is 0.352 e. The monoisotopic (exact) mass is 235 g/mol. The van der Waals surface area contributed by atoms with Crippen molar-refractivity contribution in [2.24, 2.45) is 5.92 Å². The molecule has 17 heavy (non-hydrogen) atoms. The number of carboxylic acids is 1. The van der Waals surface area contributed by atoms with Crippen molar-refractivity contribution in [1.29, 1.82) is 0 Å². The minimum Gasteiger partial charge on any atom is -0.477 e. The van der Waals surface area contributed by atoms with Crippen LogP contribution in [0.4, 0.5) is 0 Å². The number of carboxylic acid groups (broad SMARTS) is 1. The van der Waals surface area contributed by atoms with Crippen LogP contribution in [-0.2, 0) is 0 Å². The molecule has 1 fully saturated rings. The third-order valence-corrected chi connectivity index (χ3v) is 3.49. The summed E-state index contributed by atoms with van der Waals surface area (Å²) >= 11 is 0. The molecule has 4 heteroatoms. The van der Waals surface area contributed by atoms with Gasteiger partial charge in [0.05, 0.1) is 0 Å². The fraction of sp³-hybridized carbons (Fsp3) is 0.538. The molecule has 4 nitrogen and oxygen atoms in total. The normalized spacial score (nSPS) is 16.2. The summed E-state index contributed by atoms with van der Waals surface area (Å²) < 4.78 is 0. The zero-order chi connectivity index (χ0) is 12.3. The van der Waals surface area contributed by atoms with Crippen LogP contribution in [0, 0.1) is 5.92 Å². The number of nitrogens with one attached hydrogen (secondary N) is 1. The summed E-state index contributed by atoms with van der Waals surface area (Å²) in [5.74, 6) is -0.294. The molecule has 2 N–H and O–H groups in total. The predicted octanol–water partition coefficient (Wildman–Crippen LogP) is 2.87. The molecule has 2 rings (SSSR count). The van der Waals surface area contributed by atoms with Crippen molar-refractivity contribution in [2.45, 2.75) is 38.5 Å². The Labute approximate surface area is 100 Å². The molecule has 1 aromatic heterocycles. The number of carbonyl (C=O) groups excluding carboxylic acids is 1. The number of carbonyl (C=O) groups is 2. The van der Waals surface area contributed by atoms with Crippen molar-refractivity contribution < 1.29 is 14.7 Å². The molecule has 0 aliphatic heterocycles. The SMILES string of the molecule is O=C(CCC1CCCC1)c1c[nH]c(C(=O)O)c1. The topological polar surface area (TPSA) is 70.2 Å². The number of ketones is 1. The molecule has 1 aliphatic carbocycles. The summed E-state index contributed by atoms with van der Waals surface area (Å²) in [6.07, 6.45) is 7.99.